The van der Waals surface area contributed by atoms with Crippen molar-refractivity contribution in [1.82, 2.24) is 14.5 Å². The first-order valence-electron chi connectivity index (χ1n) is 11.9. The van der Waals surface area contributed by atoms with E-state index < -0.39 is 0 Å². The smallest absolute Gasteiger partial charge is 0.217 e. The number of benzene rings is 3. The first-order chi connectivity index (χ1) is 17.2. The Hall–Kier alpha value is -3.69. The van der Waals surface area contributed by atoms with Crippen molar-refractivity contribution in [3.63, 3.8) is 0 Å². The number of hydrogen-bond acceptors (Lipinski definition) is 4. The monoisotopic (exact) mass is 653 g/mol. The minimum atomic E-state index is 0. The van der Waals surface area contributed by atoms with Crippen molar-refractivity contribution in [3.05, 3.63) is 96.2 Å². The molecule has 36 heavy (non-hydrogen) atoms. The maximum atomic E-state index is 10.8. The van der Waals surface area contributed by atoms with Crippen molar-refractivity contribution < 1.29 is 30.9 Å². The molecule has 0 amide bonds. The molecule has 0 aliphatic carbocycles. The Kier molecular flexibility index (Phi) is 6.51. The maximum Gasteiger partial charge on any atom is 0.217 e. The molecule has 0 aliphatic heterocycles. The number of phenols is 1. The summed E-state index contributed by atoms with van der Waals surface area (Å²) >= 11 is 0. The number of para-hydroxylation sites is 1. The fraction of sp³-hybridized carbons (Fsp3) is 0.133. The molecule has 5 nitrogen and oxygen atoms in total. The van der Waals surface area contributed by atoms with Crippen LogP contribution in [0.15, 0.2) is 79.0 Å². The first-order valence-corrected chi connectivity index (χ1v) is 11.9. The van der Waals surface area contributed by atoms with Crippen LogP contribution in [0.1, 0.15) is 25.0 Å². The average Bonchev–Trinajstić information content (AvgIpc) is 3.23. The van der Waals surface area contributed by atoms with Crippen LogP contribution in [0.2, 0.25) is 0 Å². The molecule has 6 aromatic rings. The van der Waals surface area contributed by atoms with Crippen molar-refractivity contribution in [2.24, 2.45) is 0 Å². The molecule has 0 saturated heterocycles. The largest absolute Gasteiger partial charge is 0.505 e. The second-order valence-electron chi connectivity index (χ2n) is 8.52. The standard InChI is InChI=1S/C30H24N3O2.Pt/c1-3-19-12-14-22-20(4-2)17-28(32-29(22)30(19)34)35-21-13-15-24-23-9-5-6-10-25(23)33(26(24)18-21)27-11-7-8-16-31-27;/h5-17,34H,3-4H2,1-2H3;/q-1;. The summed E-state index contributed by atoms with van der Waals surface area (Å²) in [7, 11) is 0. The maximum absolute atomic E-state index is 10.8. The van der Waals surface area contributed by atoms with Crippen LogP contribution in [-0.2, 0) is 33.9 Å². The minimum Gasteiger partial charge on any atom is -0.505 e. The molecular weight excluding hydrogens is 629 g/mol. The molecule has 0 radical (unpaired) electrons. The molecule has 1 N–H and O–H groups in total. The number of fused-ring (bicyclic) bond motifs is 4. The van der Waals surface area contributed by atoms with Gasteiger partial charge >= 0.3 is 0 Å². The van der Waals surface area contributed by atoms with Gasteiger partial charge in [-0.05, 0) is 47.6 Å². The number of aromatic nitrogens is 3. The fourth-order valence-corrected chi connectivity index (χ4v) is 4.76. The Labute approximate surface area is 223 Å². The van der Waals surface area contributed by atoms with Crippen LogP contribution >= 0.6 is 0 Å². The Morgan fingerprint density at radius 1 is 0.861 bits per heavy atom. The van der Waals surface area contributed by atoms with Gasteiger partial charge in [0.15, 0.2) is 0 Å². The van der Waals surface area contributed by atoms with Crippen LogP contribution in [0.3, 0.4) is 0 Å². The van der Waals surface area contributed by atoms with Gasteiger partial charge in [0, 0.05) is 50.0 Å². The van der Waals surface area contributed by atoms with E-state index in [1.165, 1.54) is 0 Å². The molecule has 182 valence electrons. The molecule has 0 spiro atoms. The van der Waals surface area contributed by atoms with E-state index in [1.807, 2.05) is 61.5 Å². The zero-order valence-electron chi connectivity index (χ0n) is 19.9. The molecule has 0 aliphatic rings. The SMILES string of the molecule is CCc1ccc2c(CC)cc(Oc3[c-]c4c(cc3)c3ccccc3n4-c3ccccn3)nc2c1O.[Pt]. The summed E-state index contributed by atoms with van der Waals surface area (Å²) < 4.78 is 8.34. The van der Waals surface area contributed by atoms with E-state index in [9.17, 15) is 5.11 Å². The van der Waals surface area contributed by atoms with Crippen LogP contribution in [0, 0.1) is 6.07 Å². The summed E-state index contributed by atoms with van der Waals surface area (Å²) in [5, 5.41) is 14.0. The molecule has 0 unspecified atom stereocenters. The van der Waals surface area contributed by atoms with Crippen molar-refractivity contribution in [3.8, 4) is 23.2 Å². The number of hydrogen-bond donors (Lipinski definition) is 1. The average molecular weight is 654 g/mol. The predicted molar refractivity (Wildman–Crippen MR) is 140 cm³/mol. The minimum absolute atomic E-state index is 0. The number of pyridine rings is 2. The van der Waals surface area contributed by atoms with Crippen LogP contribution in [0.25, 0.3) is 38.5 Å². The van der Waals surface area contributed by atoms with Crippen LogP contribution < -0.4 is 4.74 Å². The first kappa shape index (κ1) is 24.0. The summed E-state index contributed by atoms with van der Waals surface area (Å²) in [6.45, 7) is 4.11. The molecule has 0 atom stereocenters. The summed E-state index contributed by atoms with van der Waals surface area (Å²) in [6, 6.07) is 27.5. The third kappa shape index (κ3) is 3.94. The van der Waals surface area contributed by atoms with E-state index in [1.54, 1.807) is 6.20 Å². The van der Waals surface area contributed by atoms with Gasteiger partial charge in [0.25, 0.3) is 0 Å². The van der Waals surface area contributed by atoms with E-state index in [2.05, 4.69) is 45.7 Å². The quantitative estimate of drug-likeness (QED) is 0.201. The number of ether oxygens (including phenoxy) is 1. The third-order valence-corrected chi connectivity index (χ3v) is 6.51. The van der Waals surface area contributed by atoms with Gasteiger partial charge in [-0.1, -0.05) is 55.8 Å². The molecular formula is C30H24N3O2Pt-. The van der Waals surface area contributed by atoms with Gasteiger partial charge in [-0.25, -0.2) is 9.97 Å². The summed E-state index contributed by atoms with van der Waals surface area (Å²) in [4.78, 5) is 9.26. The zero-order valence-corrected chi connectivity index (χ0v) is 22.2. The molecule has 6 rings (SSSR count). The van der Waals surface area contributed by atoms with Crippen LogP contribution in [-0.4, -0.2) is 19.6 Å². The van der Waals surface area contributed by atoms with Crippen LogP contribution in [0.5, 0.6) is 17.4 Å². The Bertz CT molecular complexity index is 1710. The summed E-state index contributed by atoms with van der Waals surface area (Å²) in [6.07, 6.45) is 3.33. The predicted octanol–water partition coefficient (Wildman–Crippen LogP) is 7.15. The molecule has 3 aromatic carbocycles. The Morgan fingerprint density at radius 3 is 2.42 bits per heavy atom. The van der Waals surface area contributed by atoms with Gasteiger partial charge < -0.3 is 14.4 Å². The number of phenolic OH excluding ortho intramolecular Hbond substituents is 1. The van der Waals surface area contributed by atoms with E-state index in [4.69, 9.17) is 4.74 Å². The third-order valence-electron chi connectivity index (χ3n) is 6.51. The Balaban J connectivity index is 0.00000267. The summed E-state index contributed by atoms with van der Waals surface area (Å²) in [5.74, 6) is 2.03. The van der Waals surface area contributed by atoms with Crippen molar-refractivity contribution in [2.45, 2.75) is 26.7 Å². The Morgan fingerprint density at radius 2 is 1.64 bits per heavy atom. The van der Waals surface area contributed by atoms with Gasteiger partial charge in [0.2, 0.25) is 5.88 Å². The van der Waals surface area contributed by atoms with E-state index >= 15 is 0 Å². The number of aromatic hydroxyl groups is 1. The van der Waals surface area contributed by atoms with Gasteiger partial charge in [-0.3, -0.25) is 0 Å². The number of nitrogens with zero attached hydrogens (tertiary/aromatic N) is 3. The molecule has 3 heterocycles. The van der Waals surface area contributed by atoms with Crippen LogP contribution in [0.4, 0.5) is 0 Å². The number of rotatable bonds is 5. The van der Waals surface area contributed by atoms with E-state index in [0.717, 1.165) is 57.0 Å². The summed E-state index contributed by atoms with van der Waals surface area (Å²) in [5.41, 5.74) is 4.46. The molecule has 0 bridgehead atoms. The normalized spacial score (nSPS) is 11.2. The molecule has 6 heteroatoms. The molecule has 0 saturated carbocycles. The van der Waals surface area contributed by atoms with E-state index in [0.29, 0.717) is 17.1 Å². The van der Waals surface area contributed by atoms with Gasteiger partial charge in [0.05, 0.1) is 0 Å². The molecule has 3 aromatic heterocycles. The fourth-order valence-electron chi connectivity index (χ4n) is 4.76. The van der Waals surface area contributed by atoms with Crippen molar-refractivity contribution in [1.29, 1.82) is 0 Å². The zero-order chi connectivity index (χ0) is 23.9. The number of aryl methyl sites for hydroxylation is 2. The second kappa shape index (κ2) is 9.75. The second-order valence-corrected chi connectivity index (χ2v) is 8.52. The molecule has 0 fully saturated rings. The van der Waals surface area contributed by atoms with Gasteiger partial charge in [-0.2, -0.15) is 6.07 Å². The van der Waals surface area contributed by atoms with E-state index in [-0.39, 0.29) is 26.8 Å². The van der Waals surface area contributed by atoms with Gasteiger partial charge in [0.1, 0.15) is 17.1 Å². The van der Waals surface area contributed by atoms with Crippen molar-refractivity contribution in [2.75, 3.05) is 0 Å². The van der Waals surface area contributed by atoms with Crippen molar-refractivity contribution >= 4 is 32.7 Å². The topological polar surface area (TPSA) is 60.2 Å². The van der Waals surface area contributed by atoms with Gasteiger partial charge in [-0.15, -0.1) is 17.5 Å².